The maximum atomic E-state index is 12.8. The van der Waals surface area contributed by atoms with Gasteiger partial charge in [-0.15, -0.1) is 23.7 Å². The number of hydrogen-bond acceptors (Lipinski definition) is 5. The van der Waals surface area contributed by atoms with Gasteiger partial charge in [0.2, 0.25) is 5.91 Å². The number of aryl methyl sites for hydroxylation is 3. The molecule has 0 radical (unpaired) electrons. The fourth-order valence-corrected chi connectivity index (χ4v) is 4.95. The van der Waals surface area contributed by atoms with E-state index in [0.717, 1.165) is 30.1 Å². The van der Waals surface area contributed by atoms with E-state index in [-0.39, 0.29) is 30.2 Å². The molecule has 1 amide bonds. The summed E-state index contributed by atoms with van der Waals surface area (Å²) in [5.41, 5.74) is 2.33. The number of thiazole rings is 1. The van der Waals surface area contributed by atoms with Crippen LogP contribution < -0.4 is 10.6 Å². The Bertz CT molecular complexity index is 733. The standard InChI is InChI=1S/C18H25N5OS.ClH/c1-23-11-12(8-20-23)13-9-19-10-14(13)17(24)22-18-21-15-6-4-2-3-5-7-16(15)25-18;/h8,11,13-14,19H,2-7,9-10H2,1H3,(H,21,22,24);1H/t13-,14+;/m1./s1. The Hall–Kier alpha value is -1.44. The van der Waals surface area contributed by atoms with Crippen molar-refractivity contribution in [2.75, 3.05) is 18.4 Å². The number of aromatic nitrogens is 3. The predicted molar refractivity (Wildman–Crippen MR) is 106 cm³/mol. The second kappa shape index (κ2) is 8.50. The van der Waals surface area contributed by atoms with Crippen LogP contribution in [0.25, 0.3) is 0 Å². The SMILES string of the molecule is Cl.Cn1cc([C@H]2CNC[C@@H]2C(=O)Nc2nc3c(s2)CCCCCC3)cn1. The summed E-state index contributed by atoms with van der Waals surface area (Å²) in [5, 5.41) is 11.5. The first-order valence-electron chi connectivity index (χ1n) is 9.19. The van der Waals surface area contributed by atoms with Gasteiger partial charge in [0.05, 0.1) is 17.8 Å². The second-order valence-electron chi connectivity index (χ2n) is 7.11. The number of halogens is 1. The third-order valence-corrected chi connectivity index (χ3v) is 6.35. The number of carbonyl (C=O) groups excluding carboxylic acids is 1. The van der Waals surface area contributed by atoms with Crippen molar-refractivity contribution in [2.24, 2.45) is 13.0 Å². The molecule has 1 saturated heterocycles. The van der Waals surface area contributed by atoms with Crippen molar-refractivity contribution in [1.82, 2.24) is 20.1 Å². The minimum absolute atomic E-state index is 0. The Morgan fingerprint density at radius 1 is 1.27 bits per heavy atom. The Kier molecular flexibility index (Phi) is 6.32. The fraction of sp³-hybridized carbons (Fsp3) is 0.611. The highest BCUT2D eigenvalue weighted by atomic mass is 35.5. The molecule has 1 aliphatic carbocycles. The molecule has 3 heterocycles. The average molecular weight is 396 g/mol. The second-order valence-corrected chi connectivity index (χ2v) is 8.19. The van der Waals surface area contributed by atoms with Crippen LogP contribution in [0.1, 0.15) is 47.7 Å². The molecule has 0 unspecified atom stereocenters. The van der Waals surface area contributed by atoms with Crippen LogP contribution in [0.4, 0.5) is 5.13 Å². The normalized spacial score (nSPS) is 22.8. The van der Waals surface area contributed by atoms with E-state index in [1.165, 1.54) is 36.3 Å². The van der Waals surface area contributed by atoms with Crippen molar-refractivity contribution < 1.29 is 4.79 Å². The summed E-state index contributed by atoms with van der Waals surface area (Å²) in [5.74, 6) is 0.172. The summed E-state index contributed by atoms with van der Waals surface area (Å²) in [4.78, 5) is 18.9. The van der Waals surface area contributed by atoms with Crippen molar-refractivity contribution >= 4 is 34.8 Å². The highest BCUT2D eigenvalue weighted by Crippen LogP contribution is 2.31. The van der Waals surface area contributed by atoms with Crippen molar-refractivity contribution in [3.63, 3.8) is 0 Å². The Morgan fingerprint density at radius 2 is 2.08 bits per heavy atom. The summed E-state index contributed by atoms with van der Waals surface area (Å²) >= 11 is 1.67. The molecule has 0 aromatic carbocycles. The van der Waals surface area contributed by atoms with Gasteiger partial charge in [-0.05, 0) is 31.2 Å². The van der Waals surface area contributed by atoms with Crippen LogP contribution in [0.2, 0.25) is 0 Å². The minimum atomic E-state index is -0.0734. The lowest BCUT2D eigenvalue weighted by molar-refractivity contribution is -0.119. The van der Waals surface area contributed by atoms with Gasteiger partial charge in [-0.3, -0.25) is 9.48 Å². The quantitative estimate of drug-likeness (QED) is 0.838. The number of anilines is 1. The molecule has 0 bridgehead atoms. The molecular formula is C18H26ClN5OS. The van der Waals surface area contributed by atoms with Gasteiger partial charge >= 0.3 is 0 Å². The van der Waals surface area contributed by atoms with Gasteiger partial charge in [0.15, 0.2) is 5.13 Å². The Balaban J connectivity index is 0.00000196. The molecule has 2 aliphatic rings. The van der Waals surface area contributed by atoms with E-state index in [1.807, 2.05) is 19.4 Å². The number of carbonyl (C=O) groups is 1. The largest absolute Gasteiger partial charge is 0.315 e. The van der Waals surface area contributed by atoms with Crippen molar-refractivity contribution in [2.45, 2.75) is 44.4 Å². The van der Waals surface area contributed by atoms with E-state index in [1.54, 1.807) is 16.0 Å². The van der Waals surface area contributed by atoms with Crippen LogP contribution >= 0.6 is 23.7 Å². The summed E-state index contributed by atoms with van der Waals surface area (Å²) in [6, 6.07) is 0. The van der Waals surface area contributed by atoms with Gasteiger partial charge in [-0.2, -0.15) is 5.10 Å². The molecular weight excluding hydrogens is 370 g/mol. The maximum absolute atomic E-state index is 12.8. The summed E-state index contributed by atoms with van der Waals surface area (Å²) in [7, 11) is 1.91. The molecule has 26 heavy (non-hydrogen) atoms. The van der Waals surface area contributed by atoms with E-state index >= 15 is 0 Å². The van der Waals surface area contributed by atoms with Crippen molar-refractivity contribution in [3.05, 3.63) is 28.5 Å². The average Bonchev–Trinajstić information content (AvgIpc) is 3.27. The van der Waals surface area contributed by atoms with E-state index in [9.17, 15) is 4.79 Å². The molecule has 2 N–H and O–H groups in total. The van der Waals surface area contributed by atoms with Crippen LogP contribution in [0.15, 0.2) is 12.4 Å². The number of hydrogen-bond donors (Lipinski definition) is 2. The van der Waals surface area contributed by atoms with Crippen molar-refractivity contribution in [3.8, 4) is 0 Å². The van der Waals surface area contributed by atoms with E-state index < -0.39 is 0 Å². The lowest BCUT2D eigenvalue weighted by atomic mass is 9.90. The fourth-order valence-electron chi connectivity index (χ4n) is 3.89. The van der Waals surface area contributed by atoms with Crippen LogP contribution in [-0.2, 0) is 24.7 Å². The van der Waals surface area contributed by atoms with Crippen molar-refractivity contribution in [1.29, 1.82) is 0 Å². The first kappa shape index (κ1) is 19.3. The number of rotatable bonds is 3. The monoisotopic (exact) mass is 395 g/mol. The summed E-state index contributed by atoms with van der Waals surface area (Å²) in [6.45, 7) is 1.52. The number of fused-ring (bicyclic) bond motifs is 1. The van der Waals surface area contributed by atoms with E-state index in [2.05, 4.69) is 15.7 Å². The predicted octanol–water partition coefficient (Wildman–Crippen LogP) is 2.90. The minimum Gasteiger partial charge on any atom is -0.315 e. The molecule has 142 valence electrons. The highest BCUT2D eigenvalue weighted by molar-refractivity contribution is 7.15. The maximum Gasteiger partial charge on any atom is 0.231 e. The first-order valence-corrected chi connectivity index (χ1v) is 10.0. The zero-order valence-electron chi connectivity index (χ0n) is 15.0. The molecule has 0 spiro atoms. The molecule has 1 aliphatic heterocycles. The van der Waals surface area contributed by atoms with Gasteiger partial charge in [0.1, 0.15) is 0 Å². The lowest BCUT2D eigenvalue weighted by Crippen LogP contribution is -2.28. The van der Waals surface area contributed by atoms with Gasteiger partial charge < -0.3 is 10.6 Å². The highest BCUT2D eigenvalue weighted by Gasteiger charge is 2.35. The molecule has 0 saturated carbocycles. The Morgan fingerprint density at radius 3 is 2.85 bits per heavy atom. The van der Waals surface area contributed by atoms with Gasteiger partial charge in [-0.1, -0.05) is 12.8 Å². The molecule has 2 aromatic heterocycles. The zero-order valence-corrected chi connectivity index (χ0v) is 16.7. The summed E-state index contributed by atoms with van der Waals surface area (Å²) in [6.07, 6.45) is 11.1. The topological polar surface area (TPSA) is 71.8 Å². The molecule has 2 aromatic rings. The van der Waals surface area contributed by atoms with Crippen LogP contribution in [0.3, 0.4) is 0 Å². The third kappa shape index (κ3) is 4.10. The van der Waals surface area contributed by atoms with Crippen LogP contribution in [0.5, 0.6) is 0 Å². The molecule has 2 atom stereocenters. The van der Waals surface area contributed by atoms with Crippen LogP contribution in [-0.4, -0.2) is 33.8 Å². The number of amides is 1. The van der Waals surface area contributed by atoms with Crippen LogP contribution in [0, 0.1) is 5.92 Å². The zero-order chi connectivity index (χ0) is 17.2. The molecule has 1 fully saturated rings. The van der Waals surface area contributed by atoms with Gasteiger partial charge in [0.25, 0.3) is 0 Å². The number of nitrogens with one attached hydrogen (secondary N) is 2. The van der Waals surface area contributed by atoms with E-state index in [4.69, 9.17) is 4.98 Å². The molecule has 8 heteroatoms. The molecule has 4 rings (SSSR count). The molecule has 6 nitrogen and oxygen atoms in total. The smallest absolute Gasteiger partial charge is 0.231 e. The lowest BCUT2D eigenvalue weighted by Gasteiger charge is -2.15. The Labute approximate surface area is 164 Å². The summed E-state index contributed by atoms with van der Waals surface area (Å²) < 4.78 is 1.80. The number of nitrogens with zero attached hydrogens (tertiary/aromatic N) is 3. The first-order chi connectivity index (χ1) is 12.2. The van der Waals surface area contributed by atoms with Gasteiger partial charge in [0, 0.05) is 37.1 Å². The van der Waals surface area contributed by atoms with E-state index in [0.29, 0.717) is 6.54 Å². The third-order valence-electron chi connectivity index (χ3n) is 5.28. The van der Waals surface area contributed by atoms with Gasteiger partial charge in [-0.25, -0.2) is 4.98 Å².